The van der Waals surface area contributed by atoms with Crippen LogP contribution in [-0.2, 0) is 81.4 Å². The Hall–Kier alpha value is -10.6. The quantitative estimate of drug-likeness (QED) is 0.0941. The number of alkyl halides is 10. The first-order valence-corrected chi connectivity index (χ1v) is 47.5. The zero-order valence-corrected chi connectivity index (χ0v) is 80.2. The van der Waals surface area contributed by atoms with E-state index >= 15 is 0 Å². The second-order valence-corrected chi connectivity index (χ2v) is 40.9. The molecule has 1 N–H and O–H groups in total. The van der Waals surface area contributed by atoms with Crippen molar-refractivity contribution in [2.75, 3.05) is 114 Å². The molecule has 8 aliphatic heterocycles. The number of methoxy groups -OCH3 is 3. The van der Waals surface area contributed by atoms with Crippen LogP contribution in [-0.4, -0.2) is 233 Å². The summed E-state index contributed by atoms with van der Waals surface area (Å²) in [5.74, 6) is 0.0934. The minimum Gasteiger partial charge on any atom is -0.493 e. The topological polar surface area (TPSA) is 229 Å². The molecule has 5 amide bonds. The number of sulfone groups is 1. The first-order chi connectivity index (χ1) is 63.8. The summed E-state index contributed by atoms with van der Waals surface area (Å²) in [4.78, 5) is 78.1. The van der Waals surface area contributed by atoms with Crippen LogP contribution in [0, 0.1) is 18.6 Å². The van der Waals surface area contributed by atoms with Crippen LogP contribution in [0.25, 0.3) is 0 Å². The van der Waals surface area contributed by atoms with Gasteiger partial charge >= 0.3 is 24.6 Å². The van der Waals surface area contributed by atoms with Crippen LogP contribution in [0.15, 0.2) is 120 Å². The van der Waals surface area contributed by atoms with Gasteiger partial charge in [-0.3, -0.25) is 39.2 Å². The number of rotatable bonds is 15. The SMILES string of the molecule is CN1CCn2c(C(F)(F)F)ccc2C12CCN(C(=O)c1ccc(S(=O)(=O)C3CC3)cc1)CC2.COC(=O)N1CCn2c(C(F)(F)F)ccc2C12CCN(C(=O)c1ccc(OC(C)C)c(OC)c1)CC2.COc1cc(C(=O)N2CCC3(CC2)c2c(Cl)cc(C(F)(F)F)n2CCN3C)ccc1OCC(C)(C)F.Cc1cc(C(=O)N2CCC3(CC2)NC(C)(C)Cn2cc(F)c(F)c23)ccc1OC(C)C.[HH]. The lowest BCUT2D eigenvalue weighted by Crippen LogP contribution is -2.63. The molecule has 1 aliphatic carbocycles. The molecule has 136 heavy (non-hydrogen) atoms. The number of benzene rings is 4. The van der Waals surface area contributed by atoms with E-state index in [0.717, 1.165) is 29.5 Å². The number of fused-ring (bicyclic) bond motifs is 8. The van der Waals surface area contributed by atoms with E-state index in [1.807, 2.05) is 74.7 Å². The summed E-state index contributed by atoms with van der Waals surface area (Å²) in [6, 6.07) is 27.5. The number of nitrogens with one attached hydrogen (secondary N) is 1. The van der Waals surface area contributed by atoms with Crippen molar-refractivity contribution in [2.45, 2.75) is 227 Å². The maximum Gasteiger partial charge on any atom is 0.431 e. The van der Waals surface area contributed by atoms with Gasteiger partial charge in [0.05, 0.1) is 82.2 Å². The lowest BCUT2D eigenvalue weighted by atomic mass is 9.79. The van der Waals surface area contributed by atoms with E-state index in [0.29, 0.717) is 178 Å². The lowest BCUT2D eigenvalue weighted by molar-refractivity contribution is -0.145. The Morgan fingerprint density at radius 2 is 0.912 bits per heavy atom. The number of likely N-dealkylation sites (tertiary alicyclic amines) is 4. The Morgan fingerprint density at radius 3 is 1.38 bits per heavy atom. The molecule has 25 nitrogen and oxygen atoms in total. The number of carbonyl (C=O) groups excluding carboxylic acids is 5. The molecule has 39 heteroatoms. The number of likely N-dealkylation sites (N-methyl/N-ethyl adjacent to an activating group) is 2. The van der Waals surface area contributed by atoms with Crippen molar-refractivity contribution in [3.63, 3.8) is 0 Å². The molecular weight excluding hydrogens is 1840 g/mol. The Kier molecular flexibility index (Phi) is 28.8. The monoisotopic (exact) mass is 1950 g/mol. The highest BCUT2D eigenvalue weighted by Gasteiger charge is 2.55. The zero-order chi connectivity index (χ0) is 98.9. The molecule has 0 atom stereocenters. The molecule has 5 fully saturated rings. The van der Waals surface area contributed by atoms with Crippen molar-refractivity contribution < 1.29 is 115 Å². The smallest absolute Gasteiger partial charge is 0.431 e. The van der Waals surface area contributed by atoms with Gasteiger partial charge in [0.25, 0.3) is 23.6 Å². The van der Waals surface area contributed by atoms with E-state index in [1.54, 1.807) is 84.8 Å². The van der Waals surface area contributed by atoms with Gasteiger partial charge in [0, 0.05) is 145 Å². The summed E-state index contributed by atoms with van der Waals surface area (Å²) in [5, 5.41) is 3.37. The van der Waals surface area contributed by atoms with E-state index in [4.69, 9.17) is 40.0 Å². The van der Waals surface area contributed by atoms with Crippen molar-refractivity contribution in [1.82, 2.24) is 57.9 Å². The van der Waals surface area contributed by atoms with Crippen molar-refractivity contribution >= 4 is 51.2 Å². The van der Waals surface area contributed by atoms with Crippen LogP contribution in [0.4, 0.5) is 57.5 Å². The van der Waals surface area contributed by atoms with Crippen molar-refractivity contribution in [1.29, 1.82) is 0 Å². The molecule has 12 heterocycles. The maximum absolute atomic E-state index is 14.7. The predicted octanol–water partition coefficient (Wildman–Crippen LogP) is 18.0. The van der Waals surface area contributed by atoms with Crippen molar-refractivity contribution in [3.8, 4) is 28.7 Å². The number of halogens is 13. The van der Waals surface area contributed by atoms with E-state index in [2.05, 4.69) is 15.1 Å². The van der Waals surface area contributed by atoms with Gasteiger partial charge in [0.1, 0.15) is 35.1 Å². The van der Waals surface area contributed by atoms with Gasteiger partial charge in [0.15, 0.2) is 44.5 Å². The molecule has 4 aromatic carbocycles. The van der Waals surface area contributed by atoms with E-state index < -0.39 is 91.0 Å². The Morgan fingerprint density at radius 1 is 0.493 bits per heavy atom. The molecule has 1 saturated carbocycles. The van der Waals surface area contributed by atoms with E-state index in [-0.39, 0.29) is 117 Å². The molecule has 0 bridgehead atoms. The Bertz CT molecular complexity index is 5870. The fraction of sp³-hybridized carbons (Fsp3) is 0.536. The van der Waals surface area contributed by atoms with Crippen LogP contribution in [0.2, 0.25) is 5.02 Å². The summed E-state index contributed by atoms with van der Waals surface area (Å²) < 4.78 is 228. The minimum atomic E-state index is -4.51. The first-order valence-electron chi connectivity index (χ1n) is 45.6. The van der Waals surface area contributed by atoms with E-state index in [9.17, 15) is 85.1 Å². The first kappa shape index (κ1) is 101. The lowest BCUT2D eigenvalue weighted by Gasteiger charge is -2.51. The molecule has 9 aliphatic rings. The predicted molar refractivity (Wildman–Crippen MR) is 485 cm³/mol. The third-order valence-electron chi connectivity index (χ3n) is 27.6. The fourth-order valence-corrected chi connectivity index (χ4v) is 22.8. The average Bonchev–Trinajstić information content (AvgIpc) is 1.54. The number of aryl methyl sites for hydroxylation is 1. The molecule has 4 spiro atoms. The third-order valence-corrected chi connectivity index (χ3v) is 30.1. The Balaban J connectivity index is 0.000000154. The number of ether oxygens (including phenoxy) is 6. The average molecular weight is 1960 g/mol. The number of carbonyl (C=O) groups is 5. The molecule has 4 aromatic heterocycles. The number of hydrogen-bond donors (Lipinski definition) is 1. The normalized spacial score (nSPS) is 19.0. The summed E-state index contributed by atoms with van der Waals surface area (Å²) in [6.45, 7) is 21.4. The second-order valence-electron chi connectivity index (χ2n) is 38.3. The van der Waals surface area contributed by atoms with Crippen molar-refractivity contribution in [3.05, 3.63) is 200 Å². The van der Waals surface area contributed by atoms with Gasteiger partial charge in [0.2, 0.25) is 0 Å². The fourth-order valence-electron chi connectivity index (χ4n) is 20.7. The van der Waals surface area contributed by atoms with Crippen LogP contribution < -0.4 is 29.0 Å². The number of piperidine rings is 4. The van der Waals surface area contributed by atoms with Crippen LogP contribution in [0.3, 0.4) is 0 Å². The van der Waals surface area contributed by atoms with Gasteiger partial charge in [-0.05, 0) is 255 Å². The highest BCUT2D eigenvalue weighted by atomic mass is 35.5. The van der Waals surface area contributed by atoms with E-state index in [1.165, 1.54) is 78.2 Å². The van der Waals surface area contributed by atoms with Gasteiger partial charge in [-0.15, -0.1) is 0 Å². The molecule has 4 saturated heterocycles. The van der Waals surface area contributed by atoms with Gasteiger partial charge < -0.3 is 66.3 Å². The standard InChI is InChI=1S/C25H30ClF4N3O3.C25H30F3N3O5.C24H31F2N3O2.C23H26F3N3O3S.H2/c1-23(2,27)15-36-18-6-5-16(13-19(18)35-4)22(34)32-9-7-24(8-10-32)21-17(26)14-20(25(28,29)30)33(21)12-11-31(24)3;1-16(2)36-18-6-5-17(15-19(18)34-3)22(32)29-11-9-24(10-12-29)20-7-8-21(25(26,27)28)30(20)13-14-31(24)23(33)35-4;1-15(2)31-19-7-6-17(12-16(19)3)22(30)28-10-8-24(9-11-28)21-20(26)18(25)13-29(21)14-23(4,5)27-24;1-27-14-15-29-19(8-9-20(29)23(24,25)26)22(27)10-12-28(13-11-22)21(30)16-2-4-17(5-3-16)33(31,32)18-6-7-18;/h5-6,13-14H,7-12,15H2,1-4H3;5-8,15-16H,9-14H2,1-4H3;6-7,12-13,15,27H,8-11,14H2,1-5H3;2-5,8-9,18H,6-7,10-15H2,1H3;1H. The molecule has 8 aromatic rings. The maximum atomic E-state index is 14.7. The molecule has 0 unspecified atom stereocenters. The summed E-state index contributed by atoms with van der Waals surface area (Å²) in [7, 11) is 4.70. The second kappa shape index (κ2) is 38.7. The zero-order valence-electron chi connectivity index (χ0n) is 78.6. The van der Waals surface area contributed by atoms with Crippen LogP contribution >= 0.6 is 11.6 Å². The number of nitrogens with zero attached hydrogens (tertiary/aromatic N) is 11. The van der Waals surface area contributed by atoms with Crippen LogP contribution in [0.1, 0.15) is 208 Å². The Labute approximate surface area is 789 Å². The van der Waals surface area contributed by atoms with Crippen molar-refractivity contribution in [2.24, 2.45) is 0 Å². The number of aromatic nitrogens is 4. The van der Waals surface area contributed by atoms with Gasteiger partial charge in [-0.25, -0.2) is 26.4 Å². The summed E-state index contributed by atoms with van der Waals surface area (Å²) >= 11 is 6.38. The van der Waals surface area contributed by atoms with Gasteiger partial charge in [-0.2, -0.15) is 39.5 Å². The number of amides is 5. The molecule has 742 valence electrons. The van der Waals surface area contributed by atoms with Gasteiger partial charge in [-0.1, -0.05) is 11.6 Å². The largest absolute Gasteiger partial charge is 0.493 e. The molecule has 0 radical (unpaired) electrons. The van der Waals surface area contributed by atoms with Crippen LogP contribution in [0.5, 0.6) is 28.7 Å². The summed E-state index contributed by atoms with van der Waals surface area (Å²) in [5.41, 5.74) is -2.19. The summed E-state index contributed by atoms with van der Waals surface area (Å²) in [6.07, 6.45) is -7.81. The molecule has 17 rings (SSSR count). The molecular formula is C97H119ClF12N12O13S. The highest BCUT2D eigenvalue weighted by molar-refractivity contribution is 7.92. The number of hydrogen-bond acceptors (Lipinski definition) is 16. The minimum absolute atomic E-state index is 0. The third kappa shape index (κ3) is 20.4. The highest BCUT2D eigenvalue weighted by Crippen LogP contribution is 2.52.